The highest BCUT2D eigenvalue weighted by Gasteiger charge is 2.33. The van der Waals surface area contributed by atoms with Crippen LogP contribution >= 0.6 is 0 Å². The molecule has 0 radical (unpaired) electrons. The molecule has 1 aromatic rings. The average Bonchev–Trinajstić information content (AvgIpc) is 3.37. The van der Waals surface area contributed by atoms with Crippen LogP contribution in [0.15, 0.2) is 24.3 Å². The van der Waals surface area contributed by atoms with E-state index in [1.165, 1.54) is 7.05 Å². The number of amides is 8. The van der Waals surface area contributed by atoms with Gasteiger partial charge in [0.2, 0.25) is 17.7 Å². The van der Waals surface area contributed by atoms with E-state index in [0.29, 0.717) is 48.4 Å². The Morgan fingerprint density at radius 1 is 0.857 bits per heavy atom. The number of anilines is 1. The van der Waals surface area contributed by atoms with Gasteiger partial charge in [0.25, 0.3) is 11.8 Å². The zero-order valence-electron chi connectivity index (χ0n) is 28.1. The third kappa shape index (κ3) is 15.0. The lowest BCUT2D eigenvalue weighted by molar-refractivity contribution is -0.197. The van der Waals surface area contributed by atoms with Gasteiger partial charge in [-0.2, -0.15) is 0 Å². The third-order valence-corrected chi connectivity index (χ3v) is 7.40. The number of nitrogens with two attached hydrogens (primary N) is 1. The van der Waals surface area contributed by atoms with Gasteiger partial charge in [0.15, 0.2) is 0 Å². The van der Waals surface area contributed by atoms with Crippen LogP contribution < -0.4 is 32.3 Å². The van der Waals surface area contributed by atoms with Crippen LogP contribution in [0.2, 0.25) is 0 Å². The van der Waals surface area contributed by atoms with Crippen molar-refractivity contribution >= 4 is 53.3 Å². The minimum absolute atomic E-state index is 0.0194. The fraction of sp³-hybridized carbons (Fsp3) is 0.562. The van der Waals surface area contributed by atoms with Gasteiger partial charge >= 0.3 is 18.1 Å². The number of hydroxylamine groups is 2. The van der Waals surface area contributed by atoms with Crippen LogP contribution in [-0.2, 0) is 44.9 Å². The molecule has 8 amide bonds. The van der Waals surface area contributed by atoms with Crippen LogP contribution in [0.5, 0.6) is 0 Å². The first kappa shape index (κ1) is 40.0. The number of imide groups is 1. The number of unbranched alkanes of at least 4 members (excludes halogenated alkanes) is 3. The number of hydrogen-bond acceptors (Lipinski definition) is 10. The second kappa shape index (κ2) is 20.9. The van der Waals surface area contributed by atoms with Gasteiger partial charge in [-0.3, -0.25) is 24.0 Å². The molecular weight excluding hydrogens is 642 g/mol. The summed E-state index contributed by atoms with van der Waals surface area (Å²) in [5.41, 5.74) is 6.25. The Hall–Kier alpha value is -5.22. The van der Waals surface area contributed by atoms with Crippen molar-refractivity contribution in [3.05, 3.63) is 29.8 Å². The van der Waals surface area contributed by atoms with Gasteiger partial charge in [-0.05, 0) is 49.3 Å². The lowest BCUT2D eigenvalue weighted by Gasteiger charge is -2.25. The van der Waals surface area contributed by atoms with Crippen LogP contribution in [0, 0.1) is 5.92 Å². The van der Waals surface area contributed by atoms with Crippen molar-refractivity contribution < 1.29 is 47.9 Å². The minimum atomic E-state index is -1.01. The van der Waals surface area contributed by atoms with E-state index in [1.54, 1.807) is 38.1 Å². The van der Waals surface area contributed by atoms with Gasteiger partial charge in [0, 0.05) is 45.0 Å². The summed E-state index contributed by atoms with van der Waals surface area (Å²) in [6, 6.07) is 3.92. The average molecular weight is 690 g/mol. The molecule has 0 bridgehead atoms. The summed E-state index contributed by atoms with van der Waals surface area (Å²) in [6.45, 7) is 3.73. The van der Waals surface area contributed by atoms with Gasteiger partial charge in [-0.1, -0.05) is 38.8 Å². The number of carbonyl (C=O) groups excluding carboxylic acids is 8. The normalized spacial score (nSPS) is 13.7. The minimum Gasteiger partial charge on any atom is -0.445 e. The number of nitrogens with zero attached hydrogens (tertiary/aromatic N) is 1. The Balaban J connectivity index is 1.87. The van der Waals surface area contributed by atoms with Crippen LogP contribution in [0.3, 0.4) is 0 Å². The zero-order chi connectivity index (χ0) is 36.3. The quantitative estimate of drug-likeness (QED) is 0.0851. The molecule has 2 rings (SSSR count). The number of rotatable bonds is 20. The van der Waals surface area contributed by atoms with Crippen molar-refractivity contribution in [3.8, 4) is 0 Å². The molecule has 0 spiro atoms. The number of carbonyl (C=O) groups is 8. The first-order chi connectivity index (χ1) is 23.3. The summed E-state index contributed by atoms with van der Waals surface area (Å²) in [4.78, 5) is 102. The molecule has 1 saturated heterocycles. The van der Waals surface area contributed by atoms with E-state index >= 15 is 0 Å². The predicted octanol–water partition coefficient (Wildman–Crippen LogP) is 1.50. The molecular formula is C32H47N7O10. The molecule has 270 valence electrons. The molecule has 1 aliphatic rings. The van der Waals surface area contributed by atoms with Crippen LogP contribution in [0.25, 0.3) is 0 Å². The van der Waals surface area contributed by atoms with E-state index in [9.17, 15) is 38.4 Å². The molecule has 1 aliphatic heterocycles. The highest BCUT2D eigenvalue weighted by atomic mass is 16.7. The summed E-state index contributed by atoms with van der Waals surface area (Å²) in [5, 5.41) is 13.5. The third-order valence-electron chi connectivity index (χ3n) is 7.40. The molecule has 1 aromatic carbocycles. The first-order valence-electron chi connectivity index (χ1n) is 16.2. The Labute approximate surface area is 284 Å². The molecule has 0 aliphatic carbocycles. The fourth-order valence-corrected chi connectivity index (χ4v) is 4.68. The van der Waals surface area contributed by atoms with E-state index in [2.05, 4.69) is 26.6 Å². The Kier molecular flexibility index (Phi) is 17.0. The predicted molar refractivity (Wildman–Crippen MR) is 175 cm³/mol. The molecule has 1 heterocycles. The molecule has 0 unspecified atom stereocenters. The highest BCUT2D eigenvalue weighted by Crippen LogP contribution is 2.15. The topological polar surface area (TPSA) is 244 Å². The molecule has 1 fully saturated rings. The van der Waals surface area contributed by atoms with Crippen LogP contribution in [0.1, 0.15) is 83.6 Å². The monoisotopic (exact) mass is 689 g/mol. The fourth-order valence-electron chi connectivity index (χ4n) is 4.68. The Bertz CT molecular complexity index is 1320. The second-order valence-corrected chi connectivity index (χ2v) is 11.8. The van der Waals surface area contributed by atoms with Crippen molar-refractivity contribution in [3.63, 3.8) is 0 Å². The first-order valence-corrected chi connectivity index (χ1v) is 16.2. The van der Waals surface area contributed by atoms with Gasteiger partial charge in [-0.25, -0.2) is 14.4 Å². The number of benzene rings is 1. The van der Waals surface area contributed by atoms with Crippen molar-refractivity contribution in [2.24, 2.45) is 11.7 Å². The van der Waals surface area contributed by atoms with E-state index in [0.717, 1.165) is 0 Å². The Morgan fingerprint density at radius 3 is 2.08 bits per heavy atom. The molecule has 7 N–H and O–H groups in total. The van der Waals surface area contributed by atoms with Crippen molar-refractivity contribution in [1.82, 2.24) is 26.3 Å². The standard InChI is InChI=1S/C32H47N7O10/c1-20(2)28(38-24(40)10-6-4-5-7-11-27(43)49-39-25(41)16-17-26(39)42)30(45)37-23(9-8-18-35-31(33)46)29(44)36-22-14-12-21(13-15-22)19-48-32(47)34-3/h12-15,20,23,28H,4-11,16-19H2,1-3H3,(H,34,47)(H,36,44)(H,37,45)(H,38,40)(H3,33,35,46)/t23-,28-/m0/s1. The summed E-state index contributed by atoms with van der Waals surface area (Å²) in [7, 11) is 1.44. The van der Waals surface area contributed by atoms with Crippen molar-refractivity contribution in [1.29, 1.82) is 0 Å². The maximum atomic E-state index is 13.3. The van der Waals surface area contributed by atoms with Gasteiger partial charge < -0.3 is 41.9 Å². The maximum Gasteiger partial charge on any atom is 0.407 e. The van der Waals surface area contributed by atoms with E-state index in [1.807, 2.05) is 0 Å². The number of nitrogens with one attached hydrogen (secondary N) is 5. The van der Waals surface area contributed by atoms with E-state index in [-0.39, 0.29) is 57.1 Å². The van der Waals surface area contributed by atoms with Gasteiger partial charge in [0.05, 0.1) is 0 Å². The van der Waals surface area contributed by atoms with Gasteiger partial charge in [-0.15, -0.1) is 5.06 Å². The lowest BCUT2D eigenvalue weighted by Crippen LogP contribution is -2.54. The summed E-state index contributed by atoms with van der Waals surface area (Å²) in [6.07, 6.45) is 2.25. The highest BCUT2D eigenvalue weighted by molar-refractivity contribution is 6.01. The number of primary amides is 1. The molecule has 2 atom stereocenters. The van der Waals surface area contributed by atoms with E-state index in [4.69, 9.17) is 15.3 Å². The van der Waals surface area contributed by atoms with Gasteiger partial charge in [0.1, 0.15) is 18.7 Å². The summed E-state index contributed by atoms with van der Waals surface area (Å²) >= 11 is 0. The maximum absolute atomic E-state index is 13.3. The molecule has 17 nitrogen and oxygen atoms in total. The van der Waals surface area contributed by atoms with Crippen LogP contribution in [0.4, 0.5) is 15.3 Å². The number of urea groups is 1. The molecule has 0 saturated carbocycles. The van der Waals surface area contributed by atoms with E-state index < -0.39 is 53.8 Å². The van der Waals surface area contributed by atoms with Crippen molar-refractivity contribution in [2.45, 2.75) is 96.7 Å². The number of hydrogen-bond donors (Lipinski definition) is 6. The number of alkyl carbamates (subject to hydrolysis) is 1. The molecule has 17 heteroatoms. The second-order valence-electron chi connectivity index (χ2n) is 11.8. The summed E-state index contributed by atoms with van der Waals surface area (Å²) in [5.74, 6) is -3.49. The Morgan fingerprint density at radius 2 is 1.49 bits per heavy atom. The largest absolute Gasteiger partial charge is 0.445 e. The summed E-state index contributed by atoms with van der Waals surface area (Å²) < 4.78 is 5.00. The number of ether oxygens (including phenoxy) is 1. The smallest absolute Gasteiger partial charge is 0.407 e. The molecule has 49 heavy (non-hydrogen) atoms. The SMILES string of the molecule is CNC(=O)OCc1ccc(NC(=O)[C@H](CCCNC(N)=O)NC(=O)[C@@H](NC(=O)CCCCCCC(=O)ON2C(=O)CCC2=O)C(C)C)cc1. The van der Waals surface area contributed by atoms with Crippen molar-refractivity contribution in [2.75, 3.05) is 18.9 Å². The molecule has 0 aromatic heterocycles. The van der Waals surface area contributed by atoms with Crippen LogP contribution in [-0.4, -0.2) is 78.4 Å². The lowest BCUT2D eigenvalue weighted by atomic mass is 10.0. The zero-order valence-corrected chi connectivity index (χ0v) is 28.1.